The normalized spacial score (nSPS) is 11.0. The average Bonchev–Trinajstić information content (AvgIpc) is 3.13. The van der Waals surface area contributed by atoms with Crippen LogP contribution in [0.15, 0.2) is 53.3 Å². The molecular weight excluding hydrogens is 473 g/mol. The van der Waals surface area contributed by atoms with Crippen molar-refractivity contribution in [2.45, 2.75) is 20.1 Å². The summed E-state index contributed by atoms with van der Waals surface area (Å²) in [5, 5.41) is 4.90. The van der Waals surface area contributed by atoms with Gasteiger partial charge in [-0.05, 0) is 48.9 Å². The Hall–Kier alpha value is -2.80. The van der Waals surface area contributed by atoms with Gasteiger partial charge >= 0.3 is 5.69 Å². The van der Waals surface area contributed by atoms with Gasteiger partial charge in [-0.3, -0.25) is 0 Å². The number of ether oxygens (including phenoxy) is 2. The monoisotopic (exact) mass is 491 g/mol. The first kappa shape index (κ1) is 22.4. The molecule has 0 fully saturated rings. The molecule has 9 heteroatoms. The lowest BCUT2D eigenvalue weighted by Crippen LogP contribution is -2.04. The Bertz CT molecular complexity index is 1300. The highest BCUT2D eigenvalue weighted by atomic mass is 35.5. The smallest absolute Gasteiger partial charge is 0.323 e. The lowest BCUT2D eigenvalue weighted by Gasteiger charge is -2.16. The average molecular weight is 493 g/mol. The van der Waals surface area contributed by atoms with Crippen LogP contribution in [0.5, 0.6) is 11.5 Å². The number of aromatic nitrogens is 2. The molecule has 4 rings (SSSR count). The lowest BCUT2D eigenvalue weighted by atomic mass is 10.1. The summed E-state index contributed by atoms with van der Waals surface area (Å²) in [6.07, 6.45) is 0. The summed E-state index contributed by atoms with van der Waals surface area (Å²) in [5.41, 5.74) is 3.60. The van der Waals surface area contributed by atoms with E-state index in [0.29, 0.717) is 45.3 Å². The Labute approximate surface area is 199 Å². The predicted octanol–water partition coefficient (Wildman–Crippen LogP) is 6.41. The molecular formula is C23H20Cl3N3O3. The third-order valence-corrected chi connectivity index (χ3v) is 5.91. The van der Waals surface area contributed by atoms with Crippen LogP contribution in [-0.4, -0.2) is 16.6 Å². The maximum Gasteiger partial charge on any atom is 0.323 e. The Morgan fingerprint density at radius 1 is 0.875 bits per heavy atom. The van der Waals surface area contributed by atoms with Crippen LogP contribution in [0.25, 0.3) is 11.0 Å². The van der Waals surface area contributed by atoms with Crippen molar-refractivity contribution in [1.29, 1.82) is 0 Å². The van der Waals surface area contributed by atoms with Crippen LogP contribution in [0.3, 0.4) is 0 Å². The molecule has 6 nitrogen and oxygen atoms in total. The van der Waals surface area contributed by atoms with Crippen molar-refractivity contribution in [1.82, 2.24) is 9.97 Å². The first-order valence-electron chi connectivity index (χ1n) is 9.91. The van der Waals surface area contributed by atoms with E-state index in [4.69, 9.17) is 44.3 Å². The quantitative estimate of drug-likeness (QED) is 0.266. The minimum atomic E-state index is -0.241. The van der Waals surface area contributed by atoms with Crippen molar-refractivity contribution in [3.8, 4) is 11.5 Å². The zero-order valence-electron chi connectivity index (χ0n) is 17.1. The number of hydrogen-bond donors (Lipinski definition) is 3. The largest absolute Gasteiger partial charge is 0.490 e. The Morgan fingerprint density at radius 2 is 1.59 bits per heavy atom. The van der Waals surface area contributed by atoms with Gasteiger partial charge in [0.2, 0.25) is 0 Å². The lowest BCUT2D eigenvalue weighted by molar-refractivity contribution is 0.269. The van der Waals surface area contributed by atoms with Crippen LogP contribution >= 0.6 is 34.8 Å². The van der Waals surface area contributed by atoms with E-state index >= 15 is 0 Å². The minimum Gasteiger partial charge on any atom is -0.490 e. The number of imidazole rings is 1. The fourth-order valence-corrected chi connectivity index (χ4v) is 3.98. The number of rotatable bonds is 8. The first-order chi connectivity index (χ1) is 15.4. The van der Waals surface area contributed by atoms with Crippen molar-refractivity contribution in [2.75, 3.05) is 11.9 Å². The molecule has 166 valence electrons. The fourth-order valence-electron chi connectivity index (χ4n) is 3.25. The summed E-state index contributed by atoms with van der Waals surface area (Å²) in [5.74, 6) is 1.07. The van der Waals surface area contributed by atoms with Crippen molar-refractivity contribution < 1.29 is 9.47 Å². The van der Waals surface area contributed by atoms with Crippen molar-refractivity contribution in [2.24, 2.45) is 0 Å². The molecule has 0 amide bonds. The molecule has 0 saturated heterocycles. The number of benzene rings is 3. The number of fused-ring (bicyclic) bond motifs is 1. The zero-order chi connectivity index (χ0) is 22.7. The van der Waals surface area contributed by atoms with Crippen LogP contribution in [-0.2, 0) is 13.2 Å². The summed E-state index contributed by atoms with van der Waals surface area (Å²) in [6, 6.07) is 14.4. The molecule has 3 N–H and O–H groups in total. The molecule has 0 aliphatic carbocycles. The highest BCUT2D eigenvalue weighted by Crippen LogP contribution is 2.36. The second-order valence-corrected chi connectivity index (χ2v) is 8.23. The van der Waals surface area contributed by atoms with Crippen molar-refractivity contribution >= 4 is 51.5 Å². The van der Waals surface area contributed by atoms with Crippen molar-refractivity contribution in [3.05, 3.63) is 85.2 Å². The predicted molar refractivity (Wildman–Crippen MR) is 130 cm³/mol. The molecule has 0 radical (unpaired) electrons. The van der Waals surface area contributed by atoms with E-state index in [0.717, 1.165) is 22.3 Å². The highest BCUT2D eigenvalue weighted by molar-refractivity contribution is 6.36. The number of H-pyrrole nitrogens is 2. The number of anilines is 1. The third-order valence-electron chi connectivity index (χ3n) is 4.85. The van der Waals surface area contributed by atoms with Crippen LogP contribution in [0.1, 0.15) is 18.1 Å². The van der Waals surface area contributed by atoms with E-state index in [9.17, 15) is 4.79 Å². The molecule has 0 aliphatic rings. The second kappa shape index (κ2) is 9.77. The fraction of sp³-hybridized carbons (Fsp3) is 0.174. The minimum absolute atomic E-state index is 0.182. The third kappa shape index (κ3) is 4.99. The highest BCUT2D eigenvalue weighted by Gasteiger charge is 2.14. The maximum atomic E-state index is 11.4. The molecule has 1 heterocycles. The van der Waals surface area contributed by atoms with Gasteiger partial charge in [-0.2, -0.15) is 0 Å². The van der Waals surface area contributed by atoms with Gasteiger partial charge in [-0.15, -0.1) is 0 Å². The Balaban J connectivity index is 1.52. The summed E-state index contributed by atoms with van der Waals surface area (Å²) >= 11 is 19.0. The van der Waals surface area contributed by atoms with Gasteiger partial charge in [0.1, 0.15) is 6.61 Å². The van der Waals surface area contributed by atoms with E-state index in [1.807, 2.05) is 31.2 Å². The van der Waals surface area contributed by atoms with Gasteiger partial charge in [0.05, 0.1) is 17.6 Å². The molecule has 0 bridgehead atoms. The summed E-state index contributed by atoms with van der Waals surface area (Å²) in [6.45, 7) is 3.00. The summed E-state index contributed by atoms with van der Waals surface area (Å²) in [7, 11) is 0. The number of halogens is 3. The van der Waals surface area contributed by atoms with E-state index < -0.39 is 0 Å². The van der Waals surface area contributed by atoms with Crippen LogP contribution in [0.2, 0.25) is 15.1 Å². The summed E-state index contributed by atoms with van der Waals surface area (Å²) < 4.78 is 11.7. The molecule has 32 heavy (non-hydrogen) atoms. The second-order valence-electron chi connectivity index (χ2n) is 7.01. The van der Waals surface area contributed by atoms with E-state index in [-0.39, 0.29) is 12.3 Å². The van der Waals surface area contributed by atoms with E-state index in [1.54, 1.807) is 24.3 Å². The van der Waals surface area contributed by atoms with Crippen LogP contribution in [0, 0.1) is 0 Å². The van der Waals surface area contributed by atoms with Crippen LogP contribution in [0.4, 0.5) is 5.69 Å². The first-order valence-corrected chi connectivity index (χ1v) is 11.0. The van der Waals surface area contributed by atoms with E-state index in [1.165, 1.54) is 0 Å². The Kier molecular flexibility index (Phi) is 6.84. The Morgan fingerprint density at radius 3 is 2.34 bits per heavy atom. The molecule has 0 unspecified atom stereocenters. The van der Waals surface area contributed by atoms with Gasteiger partial charge in [0.25, 0.3) is 0 Å². The van der Waals surface area contributed by atoms with Gasteiger partial charge in [0.15, 0.2) is 11.5 Å². The molecule has 0 aliphatic heterocycles. The molecule has 0 saturated carbocycles. The van der Waals surface area contributed by atoms with Gasteiger partial charge in [-0.25, -0.2) is 4.79 Å². The molecule has 1 aromatic heterocycles. The topological polar surface area (TPSA) is 79.1 Å². The van der Waals surface area contributed by atoms with Crippen LogP contribution < -0.4 is 20.5 Å². The molecule has 4 aromatic rings. The number of hydrogen-bond acceptors (Lipinski definition) is 4. The maximum absolute atomic E-state index is 11.4. The van der Waals surface area contributed by atoms with E-state index in [2.05, 4.69) is 15.3 Å². The SMILES string of the molecule is CCOc1cc(CNc2ccc3[nH]c(=O)[nH]c3c2)c(Cl)cc1OCc1c(Cl)cccc1Cl. The van der Waals surface area contributed by atoms with Gasteiger partial charge < -0.3 is 24.8 Å². The zero-order valence-corrected chi connectivity index (χ0v) is 19.4. The van der Waals surface area contributed by atoms with Gasteiger partial charge in [0, 0.05) is 38.9 Å². The number of nitrogens with one attached hydrogen (secondary N) is 3. The molecule has 0 spiro atoms. The standard InChI is InChI=1S/C23H20Cl3N3O3/c1-2-31-21-8-13(11-27-14-6-7-19-20(9-14)29-23(30)28-19)18(26)10-22(21)32-12-15-16(24)4-3-5-17(15)25/h3-10,27H,2,11-12H2,1H3,(H2,28,29,30). The van der Waals surface area contributed by atoms with Gasteiger partial charge in [-0.1, -0.05) is 40.9 Å². The molecule has 0 atom stereocenters. The molecule has 3 aromatic carbocycles. The van der Waals surface area contributed by atoms with Crippen molar-refractivity contribution in [3.63, 3.8) is 0 Å². The number of aromatic amines is 2. The summed E-state index contributed by atoms with van der Waals surface area (Å²) in [4.78, 5) is 16.9.